The third-order valence-corrected chi connectivity index (χ3v) is 12.2. The number of fused-ring (bicyclic) bond motifs is 2. The van der Waals surface area contributed by atoms with E-state index in [1.165, 1.54) is 4.57 Å². The highest BCUT2D eigenvalue weighted by Crippen LogP contribution is 2.27. The number of piperazine rings is 1. The average Bonchev–Trinajstić information content (AvgIpc) is 3.41. The van der Waals surface area contributed by atoms with Crippen LogP contribution in [0.3, 0.4) is 0 Å². The number of hydrogen-bond donors (Lipinski definition) is 1. The molecule has 1 N–H and O–H groups in total. The van der Waals surface area contributed by atoms with Gasteiger partial charge in [0.1, 0.15) is 0 Å². The molecule has 16 heteroatoms. The molecule has 1 atom stereocenters. The van der Waals surface area contributed by atoms with Gasteiger partial charge < -0.3 is 38.8 Å². The van der Waals surface area contributed by atoms with Crippen LogP contribution in [0.15, 0.2) is 45.6 Å². The van der Waals surface area contributed by atoms with Crippen molar-refractivity contribution >= 4 is 46.7 Å². The molecule has 1 aromatic heterocycles. The number of nitrogens with zero attached hydrogens (tertiary/aromatic N) is 6. The van der Waals surface area contributed by atoms with Crippen molar-refractivity contribution in [3.63, 3.8) is 0 Å². The van der Waals surface area contributed by atoms with Crippen molar-refractivity contribution in [3.05, 3.63) is 63.6 Å². The van der Waals surface area contributed by atoms with Crippen LogP contribution in [-0.2, 0) is 43.7 Å². The van der Waals surface area contributed by atoms with E-state index in [1.54, 1.807) is 27.8 Å². The second-order valence-electron chi connectivity index (χ2n) is 15.9. The SMILES string of the molecule is CCCCOC(=O)C(=O)N1CCN(C2CCN(C(=O)[C@@H](Cc3cc(C)c4c(c3)oc(=O)n4C)OC(=O)N3CCC(N4CCc5ccccc5NC4=O)CC3)CC2)CC1. The van der Waals surface area contributed by atoms with Crippen LogP contribution in [0.1, 0.15) is 62.1 Å². The van der Waals surface area contributed by atoms with E-state index in [0.717, 1.165) is 36.1 Å². The van der Waals surface area contributed by atoms with Gasteiger partial charge in [0, 0.05) is 90.1 Å². The molecule has 0 radical (unpaired) electrons. The zero-order valence-electron chi connectivity index (χ0n) is 33.8. The topological polar surface area (TPSA) is 167 Å². The molecule has 0 saturated carbocycles. The monoisotopic (exact) mass is 801 g/mol. The summed E-state index contributed by atoms with van der Waals surface area (Å²) in [7, 11) is 1.64. The first kappa shape index (κ1) is 40.8. The highest BCUT2D eigenvalue weighted by atomic mass is 16.6. The van der Waals surface area contributed by atoms with Crippen molar-refractivity contribution < 1.29 is 37.9 Å². The Bertz CT molecular complexity index is 2060. The fraction of sp³-hybridized carbons (Fsp3) is 0.571. The minimum Gasteiger partial charge on any atom is -0.459 e. The van der Waals surface area contributed by atoms with Crippen molar-refractivity contribution in [1.82, 2.24) is 29.1 Å². The third-order valence-electron chi connectivity index (χ3n) is 12.2. The molecule has 0 bridgehead atoms. The van der Waals surface area contributed by atoms with Gasteiger partial charge in [-0.3, -0.25) is 19.1 Å². The van der Waals surface area contributed by atoms with E-state index < -0.39 is 29.8 Å². The molecule has 4 aliphatic heterocycles. The summed E-state index contributed by atoms with van der Waals surface area (Å²) in [5.74, 6) is -2.17. The maximum atomic E-state index is 14.3. The number of piperidine rings is 2. The molecule has 0 unspecified atom stereocenters. The molecule has 58 heavy (non-hydrogen) atoms. The summed E-state index contributed by atoms with van der Waals surface area (Å²) in [6, 6.07) is 11.5. The van der Waals surface area contributed by atoms with Crippen molar-refractivity contribution in [2.24, 2.45) is 7.05 Å². The van der Waals surface area contributed by atoms with Gasteiger partial charge in [-0.05, 0) is 74.3 Å². The number of ether oxygens (including phenoxy) is 2. The van der Waals surface area contributed by atoms with Gasteiger partial charge in [-0.1, -0.05) is 37.6 Å². The zero-order chi connectivity index (χ0) is 40.9. The molecule has 5 heterocycles. The van der Waals surface area contributed by atoms with Crippen LogP contribution in [0.4, 0.5) is 15.3 Å². The number of rotatable bonds is 9. The minimum absolute atomic E-state index is 0.0390. The Morgan fingerprint density at radius 1 is 0.862 bits per heavy atom. The van der Waals surface area contributed by atoms with Gasteiger partial charge >= 0.3 is 29.8 Å². The summed E-state index contributed by atoms with van der Waals surface area (Å²) in [4.78, 5) is 87.6. The van der Waals surface area contributed by atoms with Crippen LogP contribution in [0.25, 0.3) is 11.1 Å². The second-order valence-corrected chi connectivity index (χ2v) is 15.9. The molecule has 7 rings (SSSR count). The first-order valence-corrected chi connectivity index (χ1v) is 20.7. The lowest BCUT2D eigenvalue weighted by Crippen LogP contribution is -2.56. The fourth-order valence-electron chi connectivity index (χ4n) is 8.83. The summed E-state index contributed by atoms with van der Waals surface area (Å²) in [5, 5.41) is 3.04. The summed E-state index contributed by atoms with van der Waals surface area (Å²) in [5.41, 5.74) is 4.49. The van der Waals surface area contributed by atoms with Gasteiger partial charge in [0.15, 0.2) is 11.7 Å². The van der Waals surface area contributed by atoms with Gasteiger partial charge in [0.25, 0.3) is 5.91 Å². The number of aromatic nitrogens is 1. The number of urea groups is 1. The van der Waals surface area contributed by atoms with E-state index in [2.05, 4.69) is 10.2 Å². The van der Waals surface area contributed by atoms with Crippen LogP contribution >= 0.6 is 0 Å². The minimum atomic E-state index is -1.12. The number of unbranched alkanes of at least 4 members (excludes halogenated alkanes) is 1. The average molecular weight is 802 g/mol. The van der Waals surface area contributed by atoms with Gasteiger partial charge in [0.05, 0.1) is 12.1 Å². The Balaban J connectivity index is 0.971. The number of nitrogens with one attached hydrogen (secondary N) is 1. The number of oxazole rings is 1. The second kappa shape index (κ2) is 18.0. The molecule has 4 aliphatic rings. The lowest BCUT2D eigenvalue weighted by atomic mass is 9.99. The number of hydrogen-bond acceptors (Lipinski definition) is 10. The van der Waals surface area contributed by atoms with E-state index >= 15 is 0 Å². The number of aryl methyl sites for hydroxylation is 2. The molecular formula is C42H55N7O9. The maximum Gasteiger partial charge on any atom is 0.419 e. The number of carbonyl (C=O) groups is 5. The van der Waals surface area contributed by atoms with Gasteiger partial charge in [-0.2, -0.15) is 0 Å². The van der Waals surface area contributed by atoms with Gasteiger partial charge in [-0.15, -0.1) is 0 Å². The molecule has 16 nitrogen and oxygen atoms in total. The highest BCUT2D eigenvalue weighted by Gasteiger charge is 2.37. The number of esters is 1. The van der Waals surface area contributed by atoms with E-state index in [0.29, 0.717) is 101 Å². The summed E-state index contributed by atoms with van der Waals surface area (Å²) in [6.07, 6.45) is 3.33. The normalized spacial score (nSPS) is 19.1. The lowest BCUT2D eigenvalue weighted by Gasteiger charge is -2.43. The molecule has 2 aromatic carbocycles. The standard InChI is InChI=1S/C42H55N7O9/c1-4-5-24-56-39(52)38(51)47-22-20-45(21-23-47)31-11-15-46(16-12-31)37(50)35(27-29-25-28(2)36-34(26-29)57-41(54)44(36)3)58-42(55)48-17-13-32(14-18-48)49-19-10-30-8-6-7-9-33(30)43-40(49)53/h6-9,25-26,31-32,35H,4-5,10-24,27H2,1-3H3,(H,43,53)/t35-/m1/s1. The van der Waals surface area contributed by atoms with Crippen LogP contribution in [0.2, 0.25) is 0 Å². The molecule has 0 aliphatic carbocycles. The molecule has 5 amide bonds. The molecule has 3 fully saturated rings. The third kappa shape index (κ3) is 9.01. The van der Waals surface area contributed by atoms with Crippen LogP contribution in [-0.4, -0.2) is 143 Å². The zero-order valence-corrected chi connectivity index (χ0v) is 33.8. The van der Waals surface area contributed by atoms with Crippen LogP contribution in [0, 0.1) is 6.92 Å². The van der Waals surface area contributed by atoms with E-state index in [1.807, 2.05) is 49.1 Å². The molecule has 3 aromatic rings. The number of amides is 5. The van der Waals surface area contributed by atoms with E-state index in [4.69, 9.17) is 13.9 Å². The number of benzene rings is 2. The van der Waals surface area contributed by atoms with Crippen molar-refractivity contribution in [2.75, 3.05) is 70.8 Å². The molecular weight excluding hydrogens is 747 g/mol. The highest BCUT2D eigenvalue weighted by molar-refractivity contribution is 6.32. The van der Waals surface area contributed by atoms with E-state index in [9.17, 15) is 28.8 Å². The predicted octanol–water partition coefficient (Wildman–Crippen LogP) is 3.52. The first-order valence-electron chi connectivity index (χ1n) is 20.7. The Morgan fingerprint density at radius 2 is 1.55 bits per heavy atom. The molecule has 3 saturated heterocycles. The largest absolute Gasteiger partial charge is 0.459 e. The van der Waals surface area contributed by atoms with Crippen LogP contribution < -0.4 is 11.1 Å². The Hall–Kier alpha value is -5.38. The molecule has 312 valence electrons. The predicted molar refractivity (Wildman–Crippen MR) is 214 cm³/mol. The van der Waals surface area contributed by atoms with Crippen molar-refractivity contribution in [2.45, 2.75) is 83.4 Å². The quantitative estimate of drug-likeness (QED) is 0.192. The van der Waals surface area contributed by atoms with E-state index in [-0.39, 0.29) is 37.0 Å². The fourth-order valence-corrected chi connectivity index (χ4v) is 8.83. The molecule has 0 spiro atoms. The Morgan fingerprint density at radius 3 is 2.28 bits per heavy atom. The first-order chi connectivity index (χ1) is 28.0. The Kier molecular flexibility index (Phi) is 12.7. The number of likely N-dealkylation sites (tertiary alicyclic amines) is 2. The number of carbonyl (C=O) groups excluding carboxylic acids is 5. The number of para-hydroxylation sites is 1. The van der Waals surface area contributed by atoms with Gasteiger partial charge in [0.2, 0.25) is 0 Å². The van der Waals surface area contributed by atoms with Crippen molar-refractivity contribution in [3.8, 4) is 0 Å². The van der Waals surface area contributed by atoms with Gasteiger partial charge in [-0.25, -0.2) is 19.2 Å². The maximum absolute atomic E-state index is 14.3. The van der Waals surface area contributed by atoms with Crippen LogP contribution in [0.5, 0.6) is 0 Å². The summed E-state index contributed by atoms with van der Waals surface area (Å²) in [6.45, 7) is 8.50. The smallest absolute Gasteiger partial charge is 0.419 e. The lowest BCUT2D eigenvalue weighted by molar-refractivity contribution is -0.161. The summed E-state index contributed by atoms with van der Waals surface area (Å²) >= 11 is 0. The Labute approximate surface area is 337 Å². The van der Waals surface area contributed by atoms with Crippen molar-refractivity contribution in [1.29, 1.82) is 0 Å². The number of anilines is 1. The summed E-state index contributed by atoms with van der Waals surface area (Å²) < 4.78 is 18.1.